The van der Waals surface area contributed by atoms with Gasteiger partial charge in [0.15, 0.2) is 0 Å². The highest BCUT2D eigenvalue weighted by Crippen LogP contribution is 2.39. The zero-order valence-corrected chi connectivity index (χ0v) is 16.0. The third-order valence-corrected chi connectivity index (χ3v) is 5.88. The minimum Gasteiger partial charge on any atom is -0.344 e. The summed E-state index contributed by atoms with van der Waals surface area (Å²) >= 11 is 0. The summed E-state index contributed by atoms with van der Waals surface area (Å²) in [6.45, 7) is 4.82. The molecule has 0 unspecified atom stereocenters. The zero-order chi connectivity index (χ0) is 19.2. The van der Waals surface area contributed by atoms with Crippen LogP contribution in [0.15, 0.2) is 30.3 Å². The lowest BCUT2D eigenvalue weighted by Crippen LogP contribution is -2.47. The van der Waals surface area contributed by atoms with Crippen LogP contribution < -0.4 is 5.32 Å². The molecule has 2 atom stereocenters. The topological polar surface area (TPSA) is 69.0 Å². The number of rotatable bonds is 2. The number of aromatic nitrogens is 1. The summed E-state index contributed by atoms with van der Waals surface area (Å²) in [7, 11) is 1.87. The van der Waals surface area contributed by atoms with Crippen LogP contribution >= 0.6 is 0 Å². The van der Waals surface area contributed by atoms with E-state index in [4.69, 9.17) is 4.98 Å². The number of amides is 1. The van der Waals surface area contributed by atoms with Crippen LogP contribution in [0.1, 0.15) is 47.8 Å². The molecule has 0 saturated carbocycles. The Morgan fingerprint density at radius 2 is 2.07 bits per heavy atom. The summed E-state index contributed by atoms with van der Waals surface area (Å²) < 4.78 is 0. The van der Waals surface area contributed by atoms with Crippen LogP contribution in [0.3, 0.4) is 0 Å². The van der Waals surface area contributed by atoms with Crippen LogP contribution in [0.2, 0.25) is 0 Å². The SMILES string of the molecule is Cc1ccc(C#N)c(-c2cc(C)nc([C@H]3CC[C@]4(CCN(C)C4=O)N3)c2)c1. The second kappa shape index (κ2) is 6.47. The van der Waals surface area contributed by atoms with Crippen molar-refractivity contribution in [3.63, 3.8) is 0 Å². The number of nitrogens with zero attached hydrogens (tertiary/aromatic N) is 3. The van der Waals surface area contributed by atoms with Crippen molar-refractivity contribution in [1.82, 2.24) is 15.2 Å². The van der Waals surface area contributed by atoms with E-state index in [2.05, 4.69) is 23.5 Å². The molecule has 1 spiro atoms. The first-order valence-corrected chi connectivity index (χ1v) is 9.45. The Morgan fingerprint density at radius 3 is 2.78 bits per heavy atom. The van der Waals surface area contributed by atoms with E-state index in [0.29, 0.717) is 5.56 Å². The molecule has 1 aromatic carbocycles. The quantitative estimate of drug-likeness (QED) is 0.892. The molecular formula is C22H24N4O. The standard InChI is InChI=1S/C22H24N4O/c1-14-4-5-16(13-23)18(10-14)17-11-15(2)24-20(12-17)19-6-7-22(25-19)8-9-26(3)21(22)27/h4-5,10-12,19,25H,6-9H2,1-3H3/t19-,22-/m1/s1. The van der Waals surface area contributed by atoms with Crippen molar-refractivity contribution in [2.45, 2.75) is 44.7 Å². The van der Waals surface area contributed by atoms with Gasteiger partial charge in [0.25, 0.3) is 0 Å². The molecule has 138 valence electrons. The van der Waals surface area contributed by atoms with Crippen molar-refractivity contribution < 1.29 is 4.79 Å². The highest BCUT2D eigenvalue weighted by molar-refractivity contribution is 5.88. The van der Waals surface area contributed by atoms with Crippen LogP contribution in [-0.4, -0.2) is 34.9 Å². The first-order chi connectivity index (χ1) is 12.9. The van der Waals surface area contributed by atoms with E-state index < -0.39 is 5.54 Å². The van der Waals surface area contributed by atoms with Crippen molar-refractivity contribution in [2.24, 2.45) is 0 Å². The molecule has 0 radical (unpaired) electrons. The van der Waals surface area contributed by atoms with E-state index in [-0.39, 0.29) is 11.9 Å². The maximum atomic E-state index is 12.6. The second-order valence-electron chi connectivity index (χ2n) is 7.88. The number of benzene rings is 1. The molecule has 5 nitrogen and oxygen atoms in total. The Kier molecular flexibility index (Phi) is 4.24. The van der Waals surface area contributed by atoms with Gasteiger partial charge in [-0.25, -0.2) is 0 Å². The zero-order valence-electron chi connectivity index (χ0n) is 16.0. The number of carbonyl (C=O) groups excluding carboxylic acids is 1. The van der Waals surface area contributed by atoms with Gasteiger partial charge in [0.2, 0.25) is 5.91 Å². The lowest BCUT2D eigenvalue weighted by Gasteiger charge is -2.23. The number of hydrogen-bond donors (Lipinski definition) is 1. The predicted molar refractivity (Wildman–Crippen MR) is 104 cm³/mol. The minimum absolute atomic E-state index is 0.0643. The largest absolute Gasteiger partial charge is 0.344 e. The minimum atomic E-state index is -0.424. The lowest BCUT2D eigenvalue weighted by molar-refractivity contribution is -0.131. The summed E-state index contributed by atoms with van der Waals surface area (Å²) in [6, 6.07) is 12.3. The van der Waals surface area contributed by atoms with E-state index in [9.17, 15) is 10.1 Å². The average Bonchev–Trinajstić information content (AvgIpc) is 3.21. The number of pyridine rings is 1. The molecule has 5 heteroatoms. The second-order valence-corrected chi connectivity index (χ2v) is 7.88. The number of nitriles is 1. The number of nitrogens with one attached hydrogen (secondary N) is 1. The molecule has 2 aliphatic heterocycles. The third kappa shape index (κ3) is 3.00. The molecule has 1 N–H and O–H groups in total. The third-order valence-electron chi connectivity index (χ3n) is 5.88. The normalized spacial score (nSPS) is 24.6. The van der Waals surface area contributed by atoms with Gasteiger partial charge >= 0.3 is 0 Å². The van der Waals surface area contributed by atoms with Gasteiger partial charge in [0.1, 0.15) is 5.54 Å². The van der Waals surface area contributed by atoms with Crippen molar-refractivity contribution in [3.05, 3.63) is 52.8 Å². The van der Waals surface area contributed by atoms with Gasteiger partial charge in [-0.1, -0.05) is 17.7 Å². The van der Waals surface area contributed by atoms with E-state index in [1.54, 1.807) is 0 Å². The van der Waals surface area contributed by atoms with E-state index in [0.717, 1.165) is 53.9 Å². The van der Waals surface area contributed by atoms with E-state index >= 15 is 0 Å². The van der Waals surface area contributed by atoms with Crippen molar-refractivity contribution in [3.8, 4) is 17.2 Å². The summed E-state index contributed by atoms with van der Waals surface area (Å²) in [6.07, 6.45) is 2.60. The van der Waals surface area contributed by atoms with Gasteiger partial charge < -0.3 is 4.90 Å². The molecule has 2 saturated heterocycles. The number of likely N-dealkylation sites (N-methyl/N-ethyl adjacent to an activating group) is 1. The molecule has 3 heterocycles. The molecule has 1 amide bonds. The van der Waals surface area contributed by atoms with Gasteiger partial charge in [-0.05, 0) is 62.4 Å². The van der Waals surface area contributed by atoms with Crippen molar-refractivity contribution in [2.75, 3.05) is 13.6 Å². The summed E-state index contributed by atoms with van der Waals surface area (Å²) in [5.74, 6) is 0.198. The van der Waals surface area contributed by atoms with Crippen LogP contribution in [0, 0.1) is 25.2 Å². The number of aryl methyl sites for hydroxylation is 2. The number of likely N-dealkylation sites (tertiary alicyclic amines) is 1. The summed E-state index contributed by atoms with van der Waals surface area (Å²) in [4.78, 5) is 19.2. The highest BCUT2D eigenvalue weighted by atomic mass is 16.2. The molecule has 4 rings (SSSR count). The number of carbonyl (C=O) groups is 1. The lowest BCUT2D eigenvalue weighted by atomic mass is 9.95. The molecule has 2 aliphatic rings. The molecule has 1 aromatic heterocycles. The molecule has 27 heavy (non-hydrogen) atoms. The Morgan fingerprint density at radius 1 is 1.26 bits per heavy atom. The average molecular weight is 360 g/mol. The molecular weight excluding hydrogens is 336 g/mol. The fourth-order valence-electron chi connectivity index (χ4n) is 4.41. The van der Waals surface area contributed by atoms with Gasteiger partial charge in [0.05, 0.1) is 23.4 Å². The van der Waals surface area contributed by atoms with Gasteiger partial charge in [-0.15, -0.1) is 0 Å². The maximum Gasteiger partial charge on any atom is 0.242 e. The first-order valence-electron chi connectivity index (χ1n) is 9.45. The van der Waals surface area contributed by atoms with Crippen LogP contribution in [0.25, 0.3) is 11.1 Å². The van der Waals surface area contributed by atoms with Crippen molar-refractivity contribution in [1.29, 1.82) is 5.26 Å². The van der Waals surface area contributed by atoms with E-state index in [1.165, 1.54) is 0 Å². The predicted octanol–water partition coefficient (Wildman–Crippen LogP) is 3.26. The Hall–Kier alpha value is -2.71. The Bertz CT molecular complexity index is 961. The monoisotopic (exact) mass is 360 g/mol. The molecule has 0 bridgehead atoms. The molecule has 0 aliphatic carbocycles. The van der Waals surface area contributed by atoms with Gasteiger partial charge in [-0.2, -0.15) is 5.26 Å². The highest BCUT2D eigenvalue weighted by Gasteiger charge is 2.50. The van der Waals surface area contributed by atoms with Crippen LogP contribution in [0.4, 0.5) is 0 Å². The van der Waals surface area contributed by atoms with Gasteiger partial charge in [0, 0.05) is 19.3 Å². The maximum absolute atomic E-state index is 12.6. The van der Waals surface area contributed by atoms with Crippen LogP contribution in [-0.2, 0) is 4.79 Å². The molecule has 2 aromatic rings. The fraction of sp³-hybridized carbons (Fsp3) is 0.409. The molecule has 2 fully saturated rings. The number of hydrogen-bond acceptors (Lipinski definition) is 4. The summed E-state index contributed by atoms with van der Waals surface area (Å²) in [5, 5.41) is 13.1. The van der Waals surface area contributed by atoms with Crippen molar-refractivity contribution >= 4 is 5.91 Å². The van der Waals surface area contributed by atoms with E-state index in [1.807, 2.05) is 44.0 Å². The Labute approximate surface area is 160 Å². The smallest absolute Gasteiger partial charge is 0.242 e. The fourth-order valence-corrected chi connectivity index (χ4v) is 4.41. The summed E-state index contributed by atoms with van der Waals surface area (Å²) in [5.41, 5.74) is 5.19. The van der Waals surface area contributed by atoms with Crippen LogP contribution in [0.5, 0.6) is 0 Å². The Balaban J connectivity index is 1.70. The van der Waals surface area contributed by atoms with Gasteiger partial charge in [-0.3, -0.25) is 15.1 Å². The first kappa shape index (κ1) is 17.7.